The lowest BCUT2D eigenvalue weighted by molar-refractivity contribution is -0.117. The van der Waals surface area contributed by atoms with Crippen molar-refractivity contribution < 1.29 is 14.3 Å². The van der Waals surface area contributed by atoms with Crippen LogP contribution in [0.5, 0.6) is 11.5 Å². The van der Waals surface area contributed by atoms with Gasteiger partial charge in [0.2, 0.25) is 5.91 Å². The first-order valence-corrected chi connectivity index (χ1v) is 7.78. The molecule has 1 amide bonds. The van der Waals surface area contributed by atoms with Crippen LogP contribution in [0.4, 0.5) is 5.69 Å². The molecule has 0 saturated heterocycles. The van der Waals surface area contributed by atoms with Crippen LogP contribution in [0, 0.1) is 6.92 Å². The Hall–Kier alpha value is -2.53. The van der Waals surface area contributed by atoms with Gasteiger partial charge < -0.3 is 14.8 Å². The Kier molecular flexibility index (Phi) is 6.21. The topological polar surface area (TPSA) is 50.8 Å². The molecule has 0 unspecified atom stereocenters. The van der Waals surface area contributed by atoms with E-state index >= 15 is 0 Å². The molecule has 5 nitrogen and oxygen atoms in total. The highest BCUT2D eigenvalue weighted by Crippen LogP contribution is 2.24. The third-order valence-corrected chi connectivity index (χ3v) is 3.68. The molecule has 5 heteroatoms. The van der Waals surface area contributed by atoms with E-state index in [1.165, 1.54) is 0 Å². The molecule has 0 radical (unpaired) electrons. The van der Waals surface area contributed by atoms with Crippen LogP contribution in [0.2, 0.25) is 0 Å². The zero-order valence-electron chi connectivity index (χ0n) is 14.6. The number of carbonyl (C=O) groups excluding carboxylic acids is 1. The quantitative estimate of drug-likeness (QED) is 0.848. The Labute approximate surface area is 143 Å². The highest BCUT2D eigenvalue weighted by atomic mass is 16.5. The standard InChI is InChI=1S/C19H24N2O3/c1-14-5-7-16(8-6-14)20-19(22)13-21(2)12-15-11-17(23-3)9-10-18(15)24-4/h5-11H,12-13H2,1-4H3,(H,20,22). The summed E-state index contributed by atoms with van der Waals surface area (Å²) in [5.41, 5.74) is 2.94. The van der Waals surface area contributed by atoms with Gasteiger partial charge in [0, 0.05) is 17.8 Å². The first-order chi connectivity index (χ1) is 11.5. The SMILES string of the molecule is COc1ccc(OC)c(CN(C)CC(=O)Nc2ccc(C)cc2)c1. The molecule has 0 atom stereocenters. The second-order valence-corrected chi connectivity index (χ2v) is 5.76. The molecule has 2 rings (SSSR count). The fourth-order valence-electron chi connectivity index (χ4n) is 2.43. The van der Waals surface area contributed by atoms with Crippen molar-refractivity contribution >= 4 is 11.6 Å². The van der Waals surface area contributed by atoms with Gasteiger partial charge in [0.25, 0.3) is 0 Å². The number of methoxy groups -OCH3 is 2. The predicted molar refractivity (Wildman–Crippen MR) is 95.7 cm³/mol. The van der Waals surface area contributed by atoms with Crippen LogP contribution >= 0.6 is 0 Å². The van der Waals surface area contributed by atoms with E-state index in [4.69, 9.17) is 9.47 Å². The maximum Gasteiger partial charge on any atom is 0.238 e. The van der Waals surface area contributed by atoms with Crippen LogP contribution in [-0.2, 0) is 11.3 Å². The lowest BCUT2D eigenvalue weighted by Crippen LogP contribution is -2.30. The predicted octanol–water partition coefficient (Wildman–Crippen LogP) is 3.08. The van der Waals surface area contributed by atoms with Crippen LogP contribution in [-0.4, -0.2) is 38.6 Å². The van der Waals surface area contributed by atoms with Crippen molar-refractivity contribution in [1.82, 2.24) is 4.90 Å². The Morgan fingerprint density at radius 3 is 2.42 bits per heavy atom. The molecule has 0 aliphatic heterocycles. The Morgan fingerprint density at radius 1 is 1.08 bits per heavy atom. The van der Waals surface area contributed by atoms with Crippen LogP contribution in [0.1, 0.15) is 11.1 Å². The van der Waals surface area contributed by atoms with Gasteiger partial charge in [-0.15, -0.1) is 0 Å². The summed E-state index contributed by atoms with van der Waals surface area (Å²) in [5.74, 6) is 1.49. The number of benzene rings is 2. The van der Waals surface area contributed by atoms with Crippen LogP contribution in [0.25, 0.3) is 0 Å². The average molecular weight is 328 g/mol. The number of rotatable bonds is 7. The minimum absolute atomic E-state index is 0.0526. The molecule has 0 heterocycles. The highest BCUT2D eigenvalue weighted by Gasteiger charge is 2.11. The molecule has 2 aromatic rings. The molecule has 128 valence electrons. The summed E-state index contributed by atoms with van der Waals surface area (Å²) in [4.78, 5) is 14.1. The van der Waals surface area contributed by atoms with E-state index in [0.717, 1.165) is 28.3 Å². The van der Waals surface area contributed by atoms with Gasteiger partial charge in [-0.3, -0.25) is 9.69 Å². The Morgan fingerprint density at radius 2 is 1.79 bits per heavy atom. The molecular weight excluding hydrogens is 304 g/mol. The summed E-state index contributed by atoms with van der Waals surface area (Å²) in [5, 5.41) is 2.90. The maximum absolute atomic E-state index is 12.2. The number of carbonyl (C=O) groups is 1. The summed E-state index contributed by atoms with van der Waals surface area (Å²) in [7, 11) is 5.16. The van der Waals surface area contributed by atoms with Gasteiger partial charge in [0.15, 0.2) is 0 Å². The van der Waals surface area contributed by atoms with Crippen LogP contribution in [0.15, 0.2) is 42.5 Å². The summed E-state index contributed by atoms with van der Waals surface area (Å²) < 4.78 is 10.6. The molecule has 0 fully saturated rings. The fraction of sp³-hybridized carbons (Fsp3) is 0.316. The highest BCUT2D eigenvalue weighted by molar-refractivity contribution is 5.92. The van der Waals surface area contributed by atoms with Gasteiger partial charge in [-0.05, 0) is 44.3 Å². The minimum atomic E-state index is -0.0526. The van der Waals surface area contributed by atoms with E-state index in [1.807, 2.05) is 61.3 Å². The number of aryl methyl sites for hydroxylation is 1. The van der Waals surface area contributed by atoms with Gasteiger partial charge in [0.1, 0.15) is 11.5 Å². The molecule has 24 heavy (non-hydrogen) atoms. The third kappa shape index (κ3) is 4.99. The number of anilines is 1. The second-order valence-electron chi connectivity index (χ2n) is 5.76. The first-order valence-electron chi connectivity index (χ1n) is 7.78. The number of hydrogen-bond acceptors (Lipinski definition) is 4. The van der Waals surface area contributed by atoms with Crippen LogP contribution in [0.3, 0.4) is 0 Å². The molecule has 0 aliphatic carbocycles. The Bertz CT molecular complexity index is 684. The van der Waals surface area contributed by atoms with Gasteiger partial charge in [-0.25, -0.2) is 0 Å². The maximum atomic E-state index is 12.2. The van der Waals surface area contributed by atoms with E-state index in [-0.39, 0.29) is 12.5 Å². The van der Waals surface area contributed by atoms with Gasteiger partial charge in [-0.2, -0.15) is 0 Å². The molecule has 0 bridgehead atoms. The van der Waals surface area contributed by atoms with Crippen molar-refractivity contribution in [2.45, 2.75) is 13.5 Å². The van der Waals surface area contributed by atoms with Crippen LogP contribution < -0.4 is 14.8 Å². The number of amides is 1. The van der Waals surface area contributed by atoms with Crippen molar-refractivity contribution in [3.63, 3.8) is 0 Å². The van der Waals surface area contributed by atoms with Gasteiger partial charge >= 0.3 is 0 Å². The van der Waals surface area contributed by atoms with Crippen molar-refractivity contribution in [3.8, 4) is 11.5 Å². The smallest absolute Gasteiger partial charge is 0.238 e. The van der Waals surface area contributed by atoms with Crippen molar-refractivity contribution in [1.29, 1.82) is 0 Å². The van der Waals surface area contributed by atoms with Crippen molar-refractivity contribution in [3.05, 3.63) is 53.6 Å². The minimum Gasteiger partial charge on any atom is -0.497 e. The third-order valence-electron chi connectivity index (χ3n) is 3.68. The summed E-state index contributed by atoms with van der Waals surface area (Å²) >= 11 is 0. The van der Waals surface area contributed by atoms with E-state index in [2.05, 4.69) is 5.32 Å². The Balaban J connectivity index is 1.96. The molecule has 1 N–H and O–H groups in total. The zero-order chi connectivity index (χ0) is 17.5. The number of ether oxygens (including phenoxy) is 2. The van der Waals surface area contributed by atoms with Crippen molar-refractivity contribution in [2.24, 2.45) is 0 Å². The summed E-state index contributed by atoms with van der Waals surface area (Å²) in [6, 6.07) is 13.4. The lowest BCUT2D eigenvalue weighted by Gasteiger charge is -2.18. The second kappa shape index (κ2) is 8.36. The monoisotopic (exact) mass is 328 g/mol. The molecular formula is C19H24N2O3. The van der Waals surface area contributed by atoms with Crippen molar-refractivity contribution in [2.75, 3.05) is 33.1 Å². The number of nitrogens with zero attached hydrogens (tertiary/aromatic N) is 1. The van der Waals surface area contributed by atoms with E-state index in [0.29, 0.717) is 6.54 Å². The van der Waals surface area contributed by atoms with Gasteiger partial charge in [-0.1, -0.05) is 17.7 Å². The zero-order valence-corrected chi connectivity index (χ0v) is 14.6. The molecule has 2 aromatic carbocycles. The fourth-order valence-corrected chi connectivity index (χ4v) is 2.43. The average Bonchev–Trinajstić information content (AvgIpc) is 2.56. The van der Waals surface area contributed by atoms with Gasteiger partial charge in [0.05, 0.1) is 20.8 Å². The molecule has 0 spiro atoms. The number of hydrogen-bond donors (Lipinski definition) is 1. The first kappa shape index (κ1) is 17.8. The lowest BCUT2D eigenvalue weighted by atomic mass is 10.1. The summed E-state index contributed by atoms with van der Waals surface area (Å²) in [6.07, 6.45) is 0. The molecule has 0 aromatic heterocycles. The van der Waals surface area contributed by atoms with E-state index < -0.39 is 0 Å². The largest absolute Gasteiger partial charge is 0.497 e. The normalized spacial score (nSPS) is 10.5. The number of nitrogens with one attached hydrogen (secondary N) is 1. The van der Waals surface area contributed by atoms with E-state index in [9.17, 15) is 4.79 Å². The number of likely N-dealkylation sites (N-methyl/N-ethyl adjacent to an activating group) is 1. The van der Waals surface area contributed by atoms with E-state index in [1.54, 1.807) is 14.2 Å². The molecule has 0 aliphatic rings. The summed E-state index contributed by atoms with van der Waals surface area (Å²) in [6.45, 7) is 2.89. The molecule has 0 saturated carbocycles.